The van der Waals surface area contributed by atoms with Gasteiger partial charge in [0.05, 0.1) is 30.7 Å². The number of nitrogens with zero attached hydrogens (tertiary/aromatic N) is 5. The Kier molecular flexibility index (Phi) is 6.95. The zero-order valence-electron chi connectivity index (χ0n) is 19.7. The normalized spacial score (nSPS) is 15.4. The minimum atomic E-state index is -0.657. The Morgan fingerprint density at radius 3 is 2.86 bits per heavy atom. The standard InChI is InChI=1S/C24H28N8O3/c1-4-20(33)31-10-6-8-17(14-31)32-13-16(11-27-32)28-24-26-12-18(22(25)34)23(30-24)29-21-15(2)7-5-9-19(21)35-3/h4-5,7,9,11-13,17H,1,6,8,10,14H2,2-3H3,(H2,25,34)(H2,26,28,29,30). The smallest absolute Gasteiger partial charge is 0.254 e. The van der Waals surface area contributed by atoms with Crippen LogP contribution in [0.2, 0.25) is 0 Å². The Bertz CT molecular complexity index is 1260. The number of aryl methyl sites for hydroxylation is 1. The number of rotatable bonds is 8. The van der Waals surface area contributed by atoms with E-state index in [0.717, 1.165) is 24.9 Å². The highest BCUT2D eigenvalue weighted by Gasteiger charge is 2.24. The molecule has 0 bridgehead atoms. The van der Waals surface area contributed by atoms with E-state index in [4.69, 9.17) is 10.5 Å². The van der Waals surface area contributed by atoms with Crippen LogP contribution < -0.4 is 21.1 Å². The monoisotopic (exact) mass is 476 g/mol. The SMILES string of the molecule is C=CC(=O)N1CCCC(n2cc(Nc3ncc(C(N)=O)c(Nc4c(C)cccc4OC)n3)cn2)C1. The van der Waals surface area contributed by atoms with Crippen LogP contribution in [0.5, 0.6) is 5.75 Å². The Hall–Kier alpha value is -4.41. The van der Waals surface area contributed by atoms with Crippen molar-refractivity contribution < 1.29 is 14.3 Å². The molecule has 4 rings (SSSR count). The molecule has 1 aliphatic rings. The quantitative estimate of drug-likeness (QED) is 0.422. The zero-order valence-corrected chi connectivity index (χ0v) is 19.7. The van der Waals surface area contributed by atoms with Crippen LogP contribution in [0.4, 0.5) is 23.1 Å². The van der Waals surface area contributed by atoms with E-state index in [-0.39, 0.29) is 29.3 Å². The van der Waals surface area contributed by atoms with Crippen molar-refractivity contribution >= 4 is 35.0 Å². The molecule has 2 amide bonds. The second kappa shape index (κ2) is 10.2. The third-order valence-electron chi connectivity index (χ3n) is 5.87. The maximum atomic E-state index is 12.0. The van der Waals surface area contributed by atoms with E-state index in [2.05, 4.69) is 32.3 Å². The maximum absolute atomic E-state index is 12.0. The zero-order chi connectivity index (χ0) is 24.9. The van der Waals surface area contributed by atoms with Crippen LogP contribution in [0.25, 0.3) is 0 Å². The average molecular weight is 477 g/mol. The van der Waals surface area contributed by atoms with Crippen LogP contribution in [0.1, 0.15) is 34.8 Å². The summed E-state index contributed by atoms with van der Waals surface area (Å²) in [5, 5.41) is 10.7. The van der Waals surface area contributed by atoms with Gasteiger partial charge in [0.1, 0.15) is 17.1 Å². The number of amides is 2. The lowest BCUT2D eigenvalue weighted by Gasteiger charge is -2.32. The minimum Gasteiger partial charge on any atom is -0.495 e. The van der Waals surface area contributed by atoms with Gasteiger partial charge < -0.3 is 26.0 Å². The van der Waals surface area contributed by atoms with Crippen molar-refractivity contribution in [1.82, 2.24) is 24.6 Å². The molecule has 11 nitrogen and oxygen atoms in total. The average Bonchev–Trinajstić information content (AvgIpc) is 3.33. The maximum Gasteiger partial charge on any atom is 0.254 e. The molecule has 1 unspecified atom stereocenters. The number of methoxy groups -OCH3 is 1. The summed E-state index contributed by atoms with van der Waals surface area (Å²) in [6, 6.07) is 5.66. The van der Waals surface area contributed by atoms with Gasteiger partial charge in [-0.1, -0.05) is 18.7 Å². The number of aromatic nitrogens is 4. The van der Waals surface area contributed by atoms with Gasteiger partial charge in [-0.25, -0.2) is 4.98 Å². The molecule has 182 valence electrons. The Labute approximate surface area is 203 Å². The highest BCUT2D eigenvalue weighted by Crippen LogP contribution is 2.32. The molecule has 4 N–H and O–H groups in total. The molecule has 3 heterocycles. The van der Waals surface area contributed by atoms with Crippen molar-refractivity contribution in [3.63, 3.8) is 0 Å². The predicted octanol–water partition coefficient (Wildman–Crippen LogP) is 2.93. The number of carbonyl (C=O) groups is 2. The van der Waals surface area contributed by atoms with E-state index >= 15 is 0 Å². The molecule has 1 saturated heterocycles. The van der Waals surface area contributed by atoms with E-state index in [9.17, 15) is 9.59 Å². The second-order valence-corrected chi connectivity index (χ2v) is 8.22. The van der Waals surface area contributed by atoms with E-state index < -0.39 is 5.91 Å². The first kappa shape index (κ1) is 23.7. The van der Waals surface area contributed by atoms with Gasteiger partial charge in [-0.3, -0.25) is 14.3 Å². The summed E-state index contributed by atoms with van der Waals surface area (Å²) in [4.78, 5) is 34.5. The first-order chi connectivity index (χ1) is 16.9. The fourth-order valence-corrected chi connectivity index (χ4v) is 4.04. The summed E-state index contributed by atoms with van der Waals surface area (Å²) in [7, 11) is 1.57. The lowest BCUT2D eigenvalue weighted by molar-refractivity contribution is -0.127. The summed E-state index contributed by atoms with van der Waals surface area (Å²) in [5.74, 6) is 0.382. The Morgan fingerprint density at radius 2 is 2.11 bits per heavy atom. The lowest BCUT2D eigenvalue weighted by atomic mass is 10.1. The van der Waals surface area contributed by atoms with Gasteiger partial charge in [0.2, 0.25) is 11.9 Å². The van der Waals surface area contributed by atoms with E-state index in [1.807, 2.05) is 36.0 Å². The summed E-state index contributed by atoms with van der Waals surface area (Å²) in [6.45, 7) is 6.78. The van der Waals surface area contributed by atoms with Gasteiger partial charge >= 0.3 is 0 Å². The molecule has 11 heteroatoms. The third-order valence-corrected chi connectivity index (χ3v) is 5.87. The molecule has 0 aliphatic carbocycles. The Morgan fingerprint density at radius 1 is 1.29 bits per heavy atom. The van der Waals surface area contributed by atoms with Gasteiger partial charge in [-0.05, 0) is 37.5 Å². The summed E-state index contributed by atoms with van der Waals surface area (Å²) >= 11 is 0. The first-order valence-corrected chi connectivity index (χ1v) is 11.2. The number of hydrogen-bond donors (Lipinski definition) is 3. The number of primary amides is 1. The van der Waals surface area contributed by atoms with Crippen molar-refractivity contribution in [1.29, 1.82) is 0 Å². The molecule has 1 atom stereocenters. The third kappa shape index (κ3) is 5.24. The number of para-hydroxylation sites is 1. The molecule has 1 aromatic carbocycles. The molecule has 2 aromatic heterocycles. The van der Waals surface area contributed by atoms with Crippen molar-refractivity contribution in [3.8, 4) is 5.75 Å². The molecule has 0 spiro atoms. The number of nitrogens with one attached hydrogen (secondary N) is 2. The van der Waals surface area contributed by atoms with Crippen molar-refractivity contribution in [2.45, 2.75) is 25.8 Å². The second-order valence-electron chi connectivity index (χ2n) is 8.22. The summed E-state index contributed by atoms with van der Waals surface area (Å²) < 4.78 is 7.27. The van der Waals surface area contributed by atoms with Crippen LogP contribution in [0, 0.1) is 6.92 Å². The van der Waals surface area contributed by atoms with E-state index in [1.54, 1.807) is 18.2 Å². The summed E-state index contributed by atoms with van der Waals surface area (Å²) in [6.07, 6.45) is 8.02. The highest BCUT2D eigenvalue weighted by molar-refractivity contribution is 5.98. The number of ether oxygens (including phenoxy) is 1. The Balaban J connectivity index is 1.55. The molecule has 0 radical (unpaired) electrons. The minimum absolute atomic E-state index is 0.0621. The lowest BCUT2D eigenvalue weighted by Crippen LogP contribution is -2.39. The van der Waals surface area contributed by atoms with Gasteiger partial charge in [0.25, 0.3) is 5.91 Å². The van der Waals surface area contributed by atoms with Gasteiger partial charge in [0, 0.05) is 25.5 Å². The van der Waals surface area contributed by atoms with Crippen LogP contribution >= 0.6 is 0 Å². The van der Waals surface area contributed by atoms with Gasteiger partial charge in [-0.15, -0.1) is 0 Å². The predicted molar refractivity (Wildman–Crippen MR) is 132 cm³/mol. The number of benzene rings is 1. The molecular weight excluding hydrogens is 448 g/mol. The van der Waals surface area contributed by atoms with Crippen molar-refractivity contribution in [2.75, 3.05) is 30.8 Å². The van der Waals surface area contributed by atoms with Gasteiger partial charge in [0.15, 0.2) is 0 Å². The largest absolute Gasteiger partial charge is 0.495 e. The fraction of sp³-hybridized carbons (Fsp3) is 0.292. The van der Waals surface area contributed by atoms with Crippen molar-refractivity contribution in [3.05, 3.63) is 60.6 Å². The molecule has 35 heavy (non-hydrogen) atoms. The summed E-state index contributed by atoms with van der Waals surface area (Å²) in [5.41, 5.74) is 7.94. The van der Waals surface area contributed by atoms with Crippen LogP contribution in [-0.4, -0.2) is 56.7 Å². The number of piperidine rings is 1. The van der Waals surface area contributed by atoms with Crippen LogP contribution in [0.15, 0.2) is 49.4 Å². The number of anilines is 4. The number of likely N-dealkylation sites (tertiary alicyclic amines) is 1. The molecule has 1 aliphatic heterocycles. The van der Waals surface area contributed by atoms with Crippen LogP contribution in [-0.2, 0) is 4.79 Å². The molecule has 1 fully saturated rings. The number of hydrogen-bond acceptors (Lipinski definition) is 8. The molecule has 0 saturated carbocycles. The van der Waals surface area contributed by atoms with Gasteiger partial charge in [-0.2, -0.15) is 10.1 Å². The highest BCUT2D eigenvalue weighted by atomic mass is 16.5. The van der Waals surface area contributed by atoms with Crippen molar-refractivity contribution in [2.24, 2.45) is 5.73 Å². The molecular formula is C24H28N8O3. The topological polar surface area (TPSA) is 140 Å². The first-order valence-electron chi connectivity index (χ1n) is 11.2. The van der Waals surface area contributed by atoms with E-state index in [1.165, 1.54) is 12.3 Å². The number of carbonyl (C=O) groups excluding carboxylic acids is 2. The van der Waals surface area contributed by atoms with Crippen LogP contribution in [0.3, 0.4) is 0 Å². The fourth-order valence-electron chi connectivity index (χ4n) is 4.04. The van der Waals surface area contributed by atoms with E-state index in [0.29, 0.717) is 23.7 Å². The molecule has 3 aromatic rings. The number of nitrogens with two attached hydrogens (primary N) is 1.